The number of hydrogen-bond donors (Lipinski definition) is 0. The van der Waals surface area contributed by atoms with Gasteiger partial charge in [0.2, 0.25) is 0 Å². The van der Waals surface area contributed by atoms with Gasteiger partial charge in [0.1, 0.15) is 24.8 Å². The molecule has 0 saturated carbocycles. The van der Waals surface area contributed by atoms with Crippen molar-refractivity contribution < 1.29 is 18.6 Å². The van der Waals surface area contributed by atoms with Crippen molar-refractivity contribution in [2.24, 2.45) is 0 Å². The van der Waals surface area contributed by atoms with Crippen LogP contribution in [0, 0.1) is 5.82 Å². The van der Waals surface area contributed by atoms with E-state index in [0.29, 0.717) is 30.3 Å². The third-order valence-electron chi connectivity index (χ3n) is 5.77. The third kappa shape index (κ3) is 6.14. The van der Waals surface area contributed by atoms with Gasteiger partial charge < -0.3 is 14.2 Å². The highest BCUT2D eigenvalue weighted by atomic mass is 19.1. The molecule has 7 heteroatoms. The minimum Gasteiger partial charge on any atom is -0.493 e. The van der Waals surface area contributed by atoms with E-state index in [1.807, 2.05) is 18.2 Å². The van der Waals surface area contributed by atoms with Gasteiger partial charge in [-0.05, 0) is 67.9 Å². The van der Waals surface area contributed by atoms with E-state index < -0.39 is 0 Å². The molecule has 0 spiro atoms. The Hall–Kier alpha value is -3.32. The summed E-state index contributed by atoms with van der Waals surface area (Å²) in [4.78, 5) is 15.1. The number of halogens is 1. The minimum atomic E-state index is -0.294. The van der Waals surface area contributed by atoms with Gasteiger partial charge in [-0.2, -0.15) is 0 Å². The van der Waals surface area contributed by atoms with Crippen molar-refractivity contribution in [1.82, 2.24) is 9.47 Å². The number of hydrogen-bond acceptors (Lipinski definition) is 5. The van der Waals surface area contributed by atoms with Crippen molar-refractivity contribution in [2.45, 2.75) is 25.9 Å². The number of aromatic nitrogens is 1. The van der Waals surface area contributed by atoms with Gasteiger partial charge >= 0.3 is 0 Å². The normalized spacial score (nSPS) is 16.5. The average molecular weight is 453 g/mol. The zero-order valence-corrected chi connectivity index (χ0v) is 18.8. The fourth-order valence-corrected chi connectivity index (χ4v) is 3.93. The molecular weight excluding hydrogens is 423 g/mol. The maximum absolute atomic E-state index is 13.0. The molecule has 33 heavy (non-hydrogen) atoms. The van der Waals surface area contributed by atoms with E-state index in [-0.39, 0.29) is 18.0 Å². The number of likely N-dealkylation sites (tertiary alicyclic amines) is 1. The number of ether oxygens (including phenoxy) is 3. The maximum atomic E-state index is 13.0. The van der Waals surface area contributed by atoms with Gasteiger partial charge in [0.05, 0.1) is 7.11 Å². The summed E-state index contributed by atoms with van der Waals surface area (Å²) in [6.07, 6.45) is 10.4. The molecule has 0 amide bonds. The van der Waals surface area contributed by atoms with Crippen LogP contribution >= 0.6 is 0 Å². The van der Waals surface area contributed by atoms with E-state index in [2.05, 4.69) is 4.90 Å². The highest BCUT2D eigenvalue weighted by molar-refractivity contribution is 5.54. The monoisotopic (exact) mass is 452 g/mol. The summed E-state index contributed by atoms with van der Waals surface area (Å²) < 4.78 is 31.8. The van der Waals surface area contributed by atoms with E-state index in [1.165, 1.54) is 31.0 Å². The Morgan fingerprint density at radius 1 is 1.00 bits per heavy atom. The molecule has 1 saturated heterocycles. The van der Waals surface area contributed by atoms with Crippen molar-refractivity contribution in [3.63, 3.8) is 0 Å². The minimum absolute atomic E-state index is 0.197. The first-order valence-corrected chi connectivity index (χ1v) is 11.2. The maximum Gasteiger partial charge on any atom is 0.258 e. The first-order chi connectivity index (χ1) is 16.1. The van der Waals surface area contributed by atoms with E-state index >= 15 is 0 Å². The van der Waals surface area contributed by atoms with Crippen molar-refractivity contribution in [1.29, 1.82) is 0 Å². The number of benzene rings is 1. The number of rotatable bonds is 9. The van der Waals surface area contributed by atoms with Gasteiger partial charge in [0.25, 0.3) is 5.56 Å². The van der Waals surface area contributed by atoms with Gasteiger partial charge in [-0.15, -0.1) is 0 Å². The summed E-state index contributed by atoms with van der Waals surface area (Å²) in [5.41, 5.74) is 1.43. The largest absolute Gasteiger partial charge is 0.493 e. The topological polar surface area (TPSA) is 52.9 Å². The predicted molar refractivity (Wildman–Crippen MR) is 125 cm³/mol. The number of nitrogens with zero attached hydrogens (tertiary/aromatic N) is 2. The quantitative estimate of drug-likeness (QED) is 0.567. The summed E-state index contributed by atoms with van der Waals surface area (Å²) in [6.45, 7) is 4.00. The smallest absolute Gasteiger partial charge is 0.258 e. The number of methoxy groups -OCH3 is 1. The molecule has 1 fully saturated rings. The van der Waals surface area contributed by atoms with Gasteiger partial charge in [-0.1, -0.05) is 12.1 Å². The zero-order valence-electron chi connectivity index (χ0n) is 18.8. The van der Waals surface area contributed by atoms with E-state index in [1.54, 1.807) is 36.1 Å². The highest BCUT2D eigenvalue weighted by Crippen LogP contribution is 2.22. The summed E-state index contributed by atoms with van der Waals surface area (Å²) >= 11 is 0. The van der Waals surface area contributed by atoms with Crippen LogP contribution in [-0.4, -0.2) is 42.8 Å². The zero-order chi connectivity index (χ0) is 23.0. The van der Waals surface area contributed by atoms with E-state index in [0.717, 1.165) is 30.9 Å². The second-order valence-electron chi connectivity index (χ2n) is 8.05. The van der Waals surface area contributed by atoms with E-state index in [4.69, 9.17) is 14.2 Å². The fraction of sp³-hybridized carbons (Fsp3) is 0.346. The molecule has 0 radical (unpaired) electrons. The van der Waals surface area contributed by atoms with E-state index in [9.17, 15) is 9.18 Å². The number of allylic oxidation sites excluding steroid dienone is 4. The summed E-state index contributed by atoms with van der Waals surface area (Å²) in [5.74, 6) is 1.50. The predicted octanol–water partition coefficient (Wildman–Crippen LogP) is 4.34. The van der Waals surface area contributed by atoms with Crippen LogP contribution in [0.2, 0.25) is 0 Å². The first kappa shape index (κ1) is 22.9. The molecule has 2 aliphatic rings. The first-order valence-electron chi connectivity index (χ1n) is 11.2. The summed E-state index contributed by atoms with van der Waals surface area (Å²) in [5, 5.41) is 0. The third-order valence-corrected chi connectivity index (χ3v) is 5.77. The second-order valence-corrected chi connectivity index (χ2v) is 8.05. The molecule has 0 atom stereocenters. The Bertz CT molecular complexity index is 1100. The Morgan fingerprint density at radius 3 is 2.52 bits per heavy atom. The Kier molecular flexibility index (Phi) is 7.62. The van der Waals surface area contributed by atoms with Crippen LogP contribution in [0.15, 0.2) is 77.1 Å². The van der Waals surface area contributed by atoms with Crippen LogP contribution < -0.4 is 10.3 Å². The van der Waals surface area contributed by atoms with Crippen LogP contribution in [0.5, 0.6) is 5.75 Å². The molecule has 0 bridgehead atoms. The van der Waals surface area contributed by atoms with Crippen molar-refractivity contribution in [3.8, 4) is 5.75 Å². The van der Waals surface area contributed by atoms with Gasteiger partial charge in [-0.3, -0.25) is 14.3 Å². The highest BCUT2D eigenvalue weighted by Gasteiger charge is 2.15. The van der Waals surface area contributed by atoms with Crippen LogP contribution in [-0.2, 0) is 16.1 Å². The van der Waals surface area contributed by atoms with Crippen molar-refractivity contribution in [2.75, 3.05) is 33.4 Å². The Balaban J connectivity index is 1.42. The van der Waals surface area contributed by atoms with Gasteiger partial charge in [0, 0.05) is 30.9 Å². The van der Waals surface area contributed by atoms with Crippen LogP contribution in [0.1, 0.15) is 24.8 Å². The lowest BCUT2D eigenvalue weighted by Gasteiger charge is -2.17. The number of pyridine rings is 1. The second kappa shape index (κ2) is 11.0. The van der Waals surface area contributed by atoms with Crippen molar-refractivity contribution >= 4 is 5.70 Å². The average Bonchev–Trinajstić information content (AvgIpc) is 3.26. The molecule has 2 aromatic rings. The lowest BCUT2D eigenvalue weighted by Crippen LogP contribution is -2.24. The molecule has 1 aromatic carbocycles. The molecule has 1 aliphatic carbocycles. The molecular formula is C26H29FN2O4. The lowest BCUT2D eigenvalue weighted by molar-refractivity contribution is 0.150. The van der Waals surface area contributed by atoms with Crippen molar-refractivity contribution in [3.05, 3.63) is 94.1 Å². The Morgan fingerprint density at radius 2 is 1.79 bits per heavy atom. The molecule has 174 valence electrons. The van der Waals surface area contributed by atoms with Crippen LogP contribution in [0.3, 0.4) is 0 Å². The molecule has 1 aromatic heterocycles. The van der Waals surface area contributed by atoms with Crippen LogP contribution in [0.25, 0.3) is 5.70 Å². The molecule has 6 nitrogen and oxygen atoms in total. The Labute approximate surface area is 193 Å². The lowest BCUT2D eigenvalue weighted by atomic mass is 10.2. The molecule has 0 unspecified atom stereocenters. The SMILES string of the molecule is COC1=CCC(n2ccc(OCc3ccc(F)cc3)cc2=O)=CC=C1OCCN1CCCC1. The molecule has 1 aliphatic heterocycles. The van der Waals surface area contributed by atoms with Gasteiger partial charge in [0.15, 0.2) is 11.5 Å². The standard InChI is InChI=1S/C26H29FN2O4/c1-31-24-10-8-22(9-11-25(24)32-17-16-28-13-2-3-14-28)29-15-12-23(18-26(29)30)33-19-20-4-6-21(27)7-5-20/h4-7,9-12,15,18H,2-3,8,13-14,16-17,19H2,1H3. The molecule has 4 rings (SSSR count). The summed E-state index contributed by atoms with van der Waals surface area (Å²) in [7, 11) is 1.62. The summed E-state index contributed by atoms with van der Waals surface area (Å²) in [6, 6.07) is 9.28. The van der Waals surface area contributed by atoms with Gasteiger partial charge in [-0.25, -0.2) is 4.39 Å². The molecule has 2 heterocycles. The van der Waals surface area contributed by atoms with Crippen LogP contribution in [0.4, 0.5) is 4.39 Å². The fourth-order valence-electron chi connectivity index (χ4n) is 3.93. The molecule has 0 N–H and O–H groups in total.